The van der Waals surface area contributed by atoms with Crippen LogP contribution in [0.25, 0.3) is 0 Å². The number of carboxylic acid groups (broad SMARTS) is 1. The molecule has 0 saturated heterocycles. The number of hydrogen-bond donors (Lipinski definition) is 2. The molecule has 0 spiro atoms. The predicted molar refractivity (Wildman–Crippen MR) is 74.8 cm³/mol. The monoisotopic (exact) mass is 273 g/mol. The van der Waals surface area contributed by atoms with E-state index in [1.807, 2.05) is 37.3 Å². The molecular weight excluding hydrogens is 257 g/mol. The number of rotatable bonds is 5. The summed E-state index contributed by atoms with van der Waals surface area (Å²) < 4.78 is 13.7. The second-order valence-corrected chi connectivity index (χ2v) is 4.59. The van der Waals surface area contributed by atoms with Crippen molar-refractivity contribution in [1.29, 1.82) is 0 Å². The molecule has 0 radical (unpaired) electrons. The zero-order valence-electron chi connectivity index (χ0n) is 11.1. The highest BCUT2D eigenvalue weighted by atomic mass is 19.1. The van der Waals surface area contributed by atoms with Gasteiger partial charge in [-0.1, -0.05) is 48.5 Å². The largest absolute Gasteiger partial charge is 0.480 e. The Morgan fingerprint density at radius 1 is 1.10 bits per heavy atom. The molecule has 0 aliphatic rings. The normalized spacial score (nSPS) is 13.7. The van der Waals surface area contributed by atoms with Gasteiger partial charge in [-0.15, -0.1) is 0 Å². The van der Waals surface area contributed by atoms with E-state index in [1.54, 1.807) is 12.1 Å². The Kier molecular flexibility index (Phi) is 4.48. The number of benzene rings is 2. The van der Waals surface area contributed by atoms with Gasteiger partial charge in [-0.3, -0.25) is 10.1 Å². The fraction of sp³-hybridized carbons (Fsp3) is 0.188. The van der Waals surface area contributed by atoms with Gasteiger partial charge in [0.15, 0.2) is 0 Å². The van der Waals surface area contributed by atoms with Crippen LogP contribution in [-0.2, 0) is 4.79 Å². The van der Waals surface area contributed by atoms with E-state index in [9.17, 15) is 14.3 Å². The van der Waals surface area contributed by atoms with Crippen LogP contribution in [0, 0.1) is 5.82 Å². The average Bonchev–Trinajstić information content (AvgIpc) is 2.46. The standard InChI is InChI=1S/C16H16FNO2/c1-11(12-7-3-2-4-8-12)18-15(16(19)20)13-9-5-6-10-14(13)17/h2-11,15,18H,1H3,(H,19,20). The van der Waals surface area contributed by atoms with Crippen LogP contribution in [-0.4, -0.2) is 11.1 Å². The van der Waals surface area contributed by atoms with Crippen LogP contribution in [0.15, 0.2) is 54.6 Å². The van der Waals surface area contributed by atoms with Crippen molar-refractivity contribution in [2.75, 3.05) is 0 Å². The zero-order chi connectivity index (χ0) is 14.5. The molecule has 104 valence electrons. The average molecular weight is 273 g/mol. The van der Waals surface area contributed by atoms with E-state index in [0.29, 0.717) is 0 Å². The van der Waals surface area contributed by atoms with Gasteiger partial charge in [0.1, 0.15) is 11.9 Å². The van der Waals surface area contributed by atoms with Crippen LogP contribution in [0.4, 0.5) is 4.39 Å². The molecule has 0 bridgehead atoms. The molecule has 2 aromatic rings. The first-order valence-corrected chi connectivity index (χ1v) is 6.38. The lowest BCUT2D eigenvalue weighted by molar-refractivity contribution is -0.140. The summed E-state index contributed by atoms with van der Waals surface area (Å²) >= 11 is 0. The number of carbonyl (C=O) groups is 1. The van der Waals surface area contributed by atoms with Gasteiger partial charge >= 0.3 is 5.97 Å². The number of aliphatic carboxylic acids is 1. The summed E-state index contributed by atoms with van der Waals surface area (Å²) in [6.07, 6.45) is 0. The molecule has 20 heavy (non-hydrogen) atoms. The van der Waals surface area contributed by atoms with Crippen molar-refractivity contribution in [1.82, 2.24) is 5.32 Å². The quantitative estimate of drug-likeness (QED) is 0.878. The van der Waals surface area contributed by atoms with Gasteiger partial charge < -0.3 is 5.11 Å². The van der Waals surface area contributed by atoms with E-state index in [0.717, 1.165) is 5.56 Å². The van der Waals surface area contributed by atoms with E-state index in [4.69, 9.17) is 0 Å². The Morgan fingerprint density at radius 3 is 2.30 bits per heavy atom. The molecule has 0 aromatic heterocycles. The molecular formula is C16H16FNO2. The van der Waals surface area contributed by atoms with Gasteiger partial charge in [0.25, 0.3) is 0 Å². The van der Waals surface area contributed by atoms with Crippen LogP contribution in [0.2, 0.25) is 0 Å². The lowest BCUT2D eigenvalue weighted by Crippen LogP contribution is -2.31. The number of hydrogen-bond acceptors (Lipinski definition) is 2. The first-order valence-electron chi connectivity index (χ1n) is 6.38. The van der Waals surface area contributed by atoms with Crippen molar-refractivity contribution in [3.8, 4) is 0 Å². The second kappa shape index (κ2) is 6.30. The maximum absolute atomic E-state index is 13.7. The lowest BCUT2D eigenvalue weighted by atomic mass is 10.0. The fourth-order valence-electron chi connectivity index (χ4n) is 2.09. The molecule has 2 N–H and O–H groups in total. The molecule has 0 aliphatic heterocycles. The van der Waals surface area contributed by atoms with Crippen molar-refractivity contribution in [3.63, 3.8) is 0 Å². The SMILES string of the molecule is CC(NC(C(=O)O)c1ccccc1F)c1ccccc1. The van der Waals surface area contributed by atoms with Gasteiger partial charge in [-0.25, -0.2) is 4.39 Å². The third-order valence-corrected chi connectivity index (χ3v) is 3.18. The molecule has 0 fully saturated rings. The minimum atomic E-state index is -1.10. The zero-order valence-corrected chi connectivity index (χ0v) is 11.1. The highest BCUT2D eigenvalue weighted by Crippen LogP contribution is 2.22. The summed E-state index contributed by atoms with van der Waals surface area (Å²) in [5.41, 5.74) is 1.10. The summed E-state index contributed by atoms with van der Waals surface area (Å²) in [4.78, 5) is 11.4. The van der Waals surface area contributed by atoms with Crippen LogP contribution >= 0.6 is 0 Å². The van der Waals surface area contributed by atoms with Crippen LogP contribution in [0.5, 0.6) is 0 Å². The molecule has 4 heteroatoms. The molecule has 0 saturated carbocycles. The second-order valence-electron chi connectivity index (χ2n) is 4.59. The Morgan fingerprint density at radius 2 is 1.70 bits per heavy atom. The number of nitrogens with one attached hydrogen (secondary N) is 1. The van der Waals surface area contributed by atoms with E-state index in [1.165, 1.54) is 12.1 Å². The highest BCUT2D eigenvalue weighted by molar-refractivity contribution is 5.75. The molecule has 2 unspecified atom stereocenters. The van der Waals surface area contributed by atoms with Gasteiger partial charge in [-0.2, -0.15) is 0 Å². The van der Waals surface area contributed by atoms with Gasteiger partial charge in [0.05, 0.1) is 0 Å². The highest BCUT2D eigenvalue weighted by Gasteiger charge is 2.24. The third-order valence-electron chi connectivity index (χ3n) is 3.18. The minimum Gasteiger partial charge on any atom is -0.480 e. The molecule has 2 atom stereocenters. The Bertz CT molecular complexity index is 586. The van der Waals surface area contributed by atoms with E-state index in [2.05, 4.69) is 5.32 Å². The summed E-state index contributed by atoms with van der Waals surface area (Å²) in [7, 11) is 0. The van der Waals surface area contributed by atoms with Crippen molar-refractivity contribution in [2.24, 2.45) is 0 Å². The maximum Gasteiger partial charge on any atom is 0.325 e. The van der Waals surface area contributed by atoms with Crippen molar-refractivity contribution < 1.29 is 14.3 Å². The smallest absolute Gasteiger partial charge is 0.325 e. The summed E-state index contributed by atoms with van der Waals surface area (Å²) in [6.45, 7) is 1.85. The van der Waals surface area contributed by atoms with E-state index in [-0.39, 0.29) is 11.6 Å². The number of carboxylic acids is 1. The number of halogens is 1. The summed E-state index contributed by atoms with van der Waals surface area (Å²) in [5, 5.41) is 12.3. The van der Waals surface area contributed by atoms with Crippen molar-refractivity contribution >= 4 is 5.97 Å². The maximum atomic E-state index is 13.7. The first kappa shape index (κ1) is 14.2. The predicted octanol–water partition coefficient (Wildman–Crippen LogP) is 3.30. The minimum absolute atomic E-state index is 0.141. The Balaban J connectivity index is 2.23. The Hall–Kier alpha value is -2.20. The topological polar surface area (TPSA) is 49.3 Å². The van der Waals surface area contributed by atoms with Gasteiger partial charge in [-0.05, 0) is 18.6 Å². The van der Waals surface area contributed by atoms with Crippen molar-refractivity contribution in [3.05, 3.63) is 71.5 Å². The molecule has 2 aromatic carbocycles. The van der Waals surface area contributed by atoms with Crippen LogP contribution in [0.1, 0.15) is 30.1 Å². The molecule has 0 heterocycles. The lowest BCUT2D eigenvalue weighted by Gasteiger charge is -2.21. The first-order chi connectivity index (χ1) is 9.59. The van der Waals surface area contributed by atoms with E-state index < -0.39 is 17.8 Å². The van der Waals surface area contributed by atoms with Gasteiger partial charge in [0, 0.05) is 11.6 Å². The molecule has 3 nitrogen and oxygen atoms in total. The summed E-state index contributed by atoms with van der Waals surface area (Å²) in [5.74, 6) is -1.62. The van der Waals surface area contributed by atoms with Crippen LogP contribution < -0.4 is 5.32 Å². The molecule has 0 amide bonds. The van der Waals surface area contributed by atoms with E-state index >= 15 is 0 Å². The Labute approximate surface area is 117 Å². The van der Waals surface area contributed by atoms with Crippen LogP contribution in [0.3, 0.4) is 0 Å². The van der Waals surface area contributed by atoms with Gasteiger partial charge in [0.2, 0.25) is 0 Å². The van der Waals surface area contributed by atoms with Crippen molar-refractivity contribution in [2.45, 2.75) is 19.0 Å². The fourth-order valence-corrected chi connectivity index (χ4v) is 2.09. The summed E-state index contributed by atoms with van der Waals surface area (Å²) in [6, 6.07) is 14.1. The third kappa shape index (κ3) is 3.22. The molecule has 0 aliphatic carbocycles. The molecule has 2 rings (SSSR count).